The van der Waals surface area contributed by atoms with E-state index in [1.54, 1.807) is 6.92 Å². The van der Waals surface area contributed by atoms with Crippen molar-refractivity contribution in [1.29, 1.82) is 0 Å². The van der Waals surface area contributed by atoms with Gasteiger partial charge in [-0.25, -0.2) is 4.79 Å². The highest BCUT2D eigenvalue weighted by molar-refractivity contribution is 8.00. The number of nitrogens with one attached hydrogen (secondary N) is 2. The number of carbonyl (C=O) groups is 2. The Bertz CT molecular complexity index is 353. The van der Waals surface area contributed by atoms with Gasteiger partial charge in [0.05, 0.1) is 18.7 Å². The smallest absolute Gasteiger partial charge is 0.322 e. The third-order valence-electron chi connectivity index (χ3n) is 3.53. The Balaban J connectivity index is 1.69. The monoisotopic (exact) mass is 287 g/mol. The minimum atomic E-state index is -0.529. The molecule has 19 heavy (non-hydrogen) atoms. The number of rotatable bonds is 6. The molecule has 0 aromatic carbocycles. The van der Waals surface area contributed by atoms with Gasteiger partial charge in [0.1, 0.15) is 6.04 Å². The van der Waals surface area contributed by atoms with E-state index in [9.17, 15) is 9.59 Å². The third kappa shape index (κ3) is 3.54. The largest absolute Gasteiger partial charge is 0.465 e. The molecule has 0 aliphatic carbocycles. The van der Waals surface area contributed by atoms with Crippen molar-refractivity contribution in [3.8, 4) is 0 Å². The van der Waals surface area contributed by atoms with Crippen molar-refractivity contribution in [2.45, 2.75) is 49.6 Å². The van der Waals surface area contributed by atoms with Crippen LogP contribution < -0.4 is 16.4 Å². The van der Waals surface area contributed by atoms with E-state index in [-0.39, 0.29) is 24.1 Å². The van der Waals surface area contributed by atoms with Crippen LogP contribution in [0.4, 0.5) is 4.79 Å². The second-order valence-corrected chi connectivity index (χ2v) is 6.18. The number of esters is 1. The van der Waals surface area contributed by atoms with Crippen LogP contribution in [0.2, 0.25) is 0 Å². The van der Waals surface area contributed by atoms with E-state index >= 15 is 0 Å². The Kier molecular flexibility index (Phi) is 4.93. The normalized spacial score (nSPS) is 30.4. The van der Waals surface area contributed by atoms with Gasteiger partial charge < -0.3 is 21.1 Å². The van der Waals surface area contributed by atoms with Gasteiger partial charge in [-0.1, -0.05) is 6.42 Å². The summed E-state index contributed by atoms with van der Waals surface area (Å²) in [4.78, 5) is 22.6. The number of ether oxygens (including phenoxy) is 1. The molecule has 2 aliphatic heterocycles. The summed E-state index contributed by atoms with van der Waals surface area (Å²) in [5.41, 5.74) is 5.75. The first-order valence-electron chi connectivity index (χ1n) is 6.72. The van der Waals surface area contributed by atoms with Crippen molar-refractivity contribution < 1.29 is 14.3 Å². The number of thioether (sulfide) groups is 1. The average molecular weight is 287 g/mol. The lowest BCUT2D eigenvalue weighted by Gasteiger charge is -2.17. The van der Waals surface area contributed by atoms with Crippen LogP contribution in [0.15, 0.2) is 0 Å². The summed E-state index contributed by atoms with van der Waals surface area (Å²) in [6, 6.07) is -0.125. The van der Waals surface area contributed by atoms with E-state index in [0.717, 1.165) is 18.6 Å². The Labute approximate surface area is 117 Å². The Morgan fingerprint density at radius 1 is 1.58 bits per heavy atom. The van der Waals surface area contributed by atoms with E-state index in [1.807, 2.05) is 11.8 Å². The number of urea groups is 1. The van der Waals surface area contributed by atoms with Crippen LogP contribution in [0.25, 0.3) is 0 Å². The first kappa shape index (κ1) is 14.5. The topological polar surface area (TPSA) is 93.4 Å². The summed E-state index contributed by atoms with van der Waals surface area (Å²) < 4.78 is 4.87. The minimum absolute atomic E-state index is 0.0662. The third-order valence-corrected chi connectivity index (χ3v) is 5.04. The lowest BCUT2D eigenvalue weighted by atomic mass is 10.0. The van der Waals surface area contributed by atoms with Crippen molar-refractivity contribution in [2.75, 3.05) is 12.4 Å². The maximum Gasteiger partial charge on any atom is 0.322 e. The van der Waals surface area contributed by atoms with Crippen LogP contribution in [0.5, 0.6) is 0 Å². The molecule has 2 fully saturated rings. The molecule has 0 aromatic rings. The predicted octanol–water partition coefficient (Wildman–Crippen LogP) is 0.213. The zero-order chi connectivity index (χ0) is 13.8. The Hall–Kier alpha value is -0.950. The molecule has 2 saturated heterocycles. The van der Waals surface area contributed by atoms with Crippen LogP contribution in [0.3, 0.4) is 0 Å². The summed E-state index contributed by atoms with van der Waals surface area (Å²) in [6.07, 6.45) is 2.46. The highest BCUT2D eigenvalue weighted by Crippen LogP contribution is 2.33. The molecule has 0 aromatic heterocycles. The summed E-state index contributed by atoms with van der Waals surface area (Å²) in [5.74, 6) is 0.633. The molecule has 108 valence electrons. The number of carbonyl (C=O) groups excluding carboxylic acids is 2. The van der Waals surface area contributed by atoms with E-state index in [2.05, 4.69) is 10.6 Å². The maximum absolute atomic E-state index is 11.4. The molecular formula is C12H21N3O3S. The summed E-state index contributed by atoms with van der Waals surface area (Å²) in [6.45, 7) is 2.14. The lowest BCUT2D eigenvalue weighted by Crippen LogP contribution is -2.37. The second kappa shape index (κ2) is 6.47. The predicted molar refractivity (Wildman–Crippen MR) is 73.9 cm³/mol. The fourth-order valence-corrected chi connectivity index (χ4v) is 4.09. The molecule has 1 unspecified atom stereocenters. The van der Waals surface area contributed by atoms with Gasteiger partial charge in [0.2, 0.25) is 0 Å². The maximum atomic E-state index is 11.4. The molecular weight excluding hydrogens is 266 g/mol. The van der Waals surface area contributed by atoms with Gasteiger partial charge in [0.15, 0.2) is 0 Å². The number of nitrogens with two attached hydrogens (primary N) is 1. The van der Waals surface area contributed by atoms with E-state index in [4.69, 9.17) is 10.5 Å². The van der Waals surface area contributed by atoms with Gasteiger partial charge in [-0.05, 0) is 19.8 Å². The van der Waals surface area contributed by atoms with Gasteiger partial charge >= 0.3 is 12.0 Å². The van der Waals surface area contributed by atoms with Gasteiger partial charge in [0.25, 0.3) is 0 Å². The molecule has 6 nitrogen and oxygen atoms in total. The van der Waals surface area contributed by atoms with Gasteiger partial charge in [-0.15, -0.1) is 0 Å². The zero-order valence-electron chi connectivity index (χ0n) is 11.1. The van der Waals surface area contributed by atoms with E-state index in [1.165, 1.54) is 0 Å². The summed E-state index contributed by atoms with van der Waals surface area (Å²) in [5, 5.41) is 6.28. The fourth-order valence-electron chi connectivity index (χ4n) is 2.55. The molecule has 0 radical (unpaired) electrons. The highest BCUT2D eigenvalue weighted by atomic mass is 32.2. The molecule has 2 rings (SSSR count). The Morgan fingerprint density at radius 3 is 3.11 bits per heavy atom. The molecule has 2 amide bonds. The summed E-state index contributed by atoms with van der Waals surface area (Å²) in [7, 11) is 0. The van der Waals surface area contributed by atoms with Crippen molar-refractivity contribution in [3.05, 3.63) is 0 Å². The van der Waals surface area contributed by atoms with Crippen molar-refractivity contribution in [1.82, 2.24) is 10.6 Å². The van der Waals surface area contributed by atoms with Crippen molar-refractivity contribution in [2.24, 2.45) is 5.73 Å². The second-order valence-electron chi connectivity index (χ2n) is 4.91. The quantitative estimate of drug-likeness (QED) is 0.480. The van der Waals surface area contributed by atoms with Crippen molar-refractivity contribution in [3.63, 3.8) is 0 Å². The highest BCUT2D eigenvalue weighted by Gasteiger charge is 2.42. The van der Waals surface area contributed by atoms with Crippen LogP contribution in [-0.4, -0.2) is 47.7 Å². The van der Waals surface area contributed by atoms with Crippen LogP contribution >= 0.6 is 11.8 Å². The van der Waals surface area contributed by atoms with Gasteiger partial charge in [0, 0.05) is 11.0 Å². The zero-order valence-corrected chi connectivity index (χ0v) is 11.9. The molecule has 4 N–H and O–H groups in total. The van der Waals surface area contributed by atoms with Gasteiger partial charge in [-0.2, -0.15) is 11.8 Å². The molecule has 2 heterocycles. The number of hydrogen-bond acceptors (Lipinski definition) is 5. The van der Waals surface area contributed by atoms with E-state index in [0.29, 0.717) is 18.3 Å². The molecule has 0 saturated carbocycles. The molecule has 2 aliphatic rings. The summed E-state index contributed by atoms with van der Waals surface area (Å²) >= 11 is 1.87. The fraction of sp³-hybridized carbons (Fsp3) is 0.833. The minimum Gasteiger partial charge on any atom is -0.465 e. The SMILES string of the molecule is CCOC(=O)C(N)CCC[C@@H]1SC[C@@H]2NC(=O)N[C@@H]21. The first-order valence-corrected chi connectivity index (χ1v) is 7.77. The number of fused-ring (bicyclic) bond motifs is 1. The lowest BCUT2D eigenvalue weighted by molar-refractivity contribution is -0.144. The standard InChI is InChI=1S/C12H21N3O3S/c1-2-18-11(16)7(13)4-3-5-9-10-8(6-19-9)14-12(17)15-10/h7-10H,2-6,13H2,1H3,(H2,14,15,17)/t7?,8-,9-,10-/m0/s1. The van der Waals surface area contributed by atoms with Crippen LogP contribution in [-0.2, 0) is 9.53 Å². The van der Waals surface area contributed by atoms with Crippen LogP contribution in [0.1, 0.15) is 26.2 Å². The number of amides is 2. The Morgan fingerprint density at radius 2 is 2.37 bits per heavy atom. The average Bonchev–Trinajstić information content (AvgIpc) is 2.89. The molecule has 7 heteroatoms. The van der Waals surface area contributed by atoms with E-state index < -0.39 is 6.04 Å². The number of hydrogen-bond donors (Lipinski definition) is 3. The van der Waals surface area contributed by atoms with Crippen LogP contribution in [0, 0.1) is 0 Å². The first-order chi connectivity index (χ1) is 9.11. The molecule has 0 spiro atoms. The van der Waals surface area contributed by atoms with Gasteiger partial charge in [-0.3, -0.25) is 4.79 Å². The van der Waals surface area contributed by atoms with Crippen molar-refractivity contribution >= 4 is 23.8 Å². The molecule has 0 bridgehead atoms. The molecule has 4 atom stereocenters.